The largest absolute Gasteiger partial charge is 0.345 e. The van der Waals surface area contributed by atoms with E-state index in [1.807, 2.05) is 31.2 Å². The summed E-state index contributed by atoms with van der Waals surface area (Å²) in [6.45, 7) is 6.67. The molecule has 0 radical (unpaired) electrons. The van der Waals surface area contributed by atoms with Crippen LogP contribution < -0.4 is 10.0 Å². The molecule has 7 nitrogen and oxygen atoms in total. The van der Waals surface area contributed by atoms with E-state index in [4.69, 9.17) is 0 Å². The average Bonchev–Trinajstić information content (AvgIpc) is 3.08. The topological polar surface area (TPSA) is 93.1 Å². The zero-order valence-corrected chi connectivity index (χ0v) is 16.4. The van der Waals surface area contributed by atoms with Gasteiger partial charge < -0.3 is 9.88 Å². The number of carbonyl (C=O) groups excluding carboxylic acids is 1. The number of aryl methyl sites for hydroxylation is 1. The number of amides is 1. The Balaban J connectivity index is 1.71. The van der Waals surface area contributed by atoms with Gasteiger partial charge in [0, 0.05) is 18.7 Å². The summed E-state index contributed by atoms with van der Waals surface area (Å²) in [5, 5.41) is 2.84. The van der Waals surface area contributed by atoms with Crippen LogP contribution in [0.2, 0.25) is 0 Å². The molecule has 0 saturated carbocycles. The predicted octanol–water partition coefficient (Wildman–Crippen LogP) is 2.45. The van der Waals surface area contributed by atoms with Crippen molar-refractivity contribution in [1.29, 1.82) is 0 Å². The van der Waals surface area contributed by atoms with E-state index in [1.54, 1.807) is 0 Å². The van der Waals surface area contributed by atoms with E-state index in [0.29, 0.717) is 5.56 Å². The van der Waals surface area contributed by atoms with Crippen molar-refractivity contribution in [3.8, 4) is 0 Å². The van der Waals surface area contributed by atoms with Gasteiger partial charge in [0.15, 0.2) is 0 Å². The molecule has 0 bridgehead atoms. The molecule has 28 heavy (non-hydrogen) atoms. The van der Waals surface area contributed by atoms with Crippen LogP contribution >= 0.6 is 0 Å². The quantitative estimate of drug-likeness (QED) is 0.570. The molecule has 3 aromatic rings. The third kappa shape index (κ3) is 4.13. The Morgan fingerprint density at radius 3 is 2.57 bits per heavy atom. The van der Waals surface area contributed by atoms with Crippen LogP contribution in [0.1, 0.15) is 23.1 Å². The van der Waals surface area contributed by atoms with Crippen molar-refractivity contribution in [3.63, 3.8) is 0 Å². The third-order valence-corrected chi connectivity index (χ3v) is 5.74. The second-order valence-electron chi connectivity index (χ2n) is 6.11. The van der Waals surface area contributed by atoms with Crippen molar-refractivity contribution in [2.24, 2.45) is 0 Å². The maximum Gasteiger partial charge on any atom is 0.251 e. The zero-order chi connectivity index (χ0) is 20.1. The molecule has 1 heterocycles. The molecule has 2 aromatic carbocycles. The number of aromatic nitrogens is 2. The number of nitrogens with zero attached hydrogens (tertiary/aromatic N) is 2. The van der Waals surface area contributed by atoms with E-state index < -0.39 is 10.0 Å². The van der Waals surface area contributed by atoms with Crippen LogP contribution in [-0.2, 0) is 23.1 Å². The van der Waals surface area contributed by atoms with Gasteiger partial charge in [-0.2, -0.15) is 0 Å². The van der Waals surface area contributed by atoms with Gasteiger partial charge in [0.25, 0.3) is 5.91 Å². The summed E-state index contributed by atoms with van der Waals surface area (Å²) < 4.78 is 28.6. The maximum absolute atomic E-state index is 12.4. The van der Waals surface area contributed by atoms with Crippen molar-refractivity contribution < 1.29 is 13.2 Å². The van der Waals surface area contributed by atoms with Crippen molar-refractivity contribution in [2.75, 3.05) is 6.54 Å². The van der Waals surface area contributed by atoms with Crippen LogP contribution in [0.15, 0.2) is 66.1 Å². The van der Waals surface area contributed by atoms with Crippen LogP contribution in [0, 0.1) is 0 Å². The molecule has 146 valence electrons. The Hall–Kier alpha value is -2.97. The smallest absolute Gasteiger partial charge is 0.251 e. The van der Waals surface area contributed by atoms with Gasteiger partial charge >= 0.3 is 0 Å². The second-order valence-corrected chi connectivity index (χ2v) is 7.88. The van der Waals surface area contributed by atoms with Gasteiger partial charge in [-0.15, -0.1) is 6.58 Å². The van der Waals surface area contributed by atoms with Gasteiger partial charge in [-0.25, -0.2) is 18.1 Å². The minimum atomic E-state index is -3.61. The van der Waals surface area contributed by atoms with E-state index in [9.17, 15) is 13.2 Å². The first-order chi connectivity index (χ1) is 13.5. The number of fused-ring (bicyclic) bond motifs is 1. The minimum Gasteiger partial charge on any atom is -0.345 e. The van der Waals surface area contributed by atoms with Crippen LogP contribution in [0.4, 0.5) is 0 Å². The number of imidazole rings is 1. The summed E-state index contributed by atoms with van der Waals surface area (Å²) in [6, 6.07) is 13.6. The molecule has 0 aliphatic carbocycles. The fraction of sp³-hybridized carbons (Fsp3) is 0.200. The van der Waals surface area contributed by atoms with Crippen molar-refractivity contribution >= 4 is 27.0 Å². The van der Waals surface area contributed by atoms with Gasteiger partial charge in [-0.3, -0.25) is 4.79 Å². The van der Waals surface area contributed by atoms with E-state index in [2.05, 4.69) is 26.2 Å². The summed E-state index contributed by atoms with van der Waals surface area (Å²) in [5.41, 5.74) is 2.29. The van der Waals surface area contributed by atoms with Crippen LogP contribution in [0.25, 0.3) is 11.0 Å². The van der Waals surface area contributed by atoms with Crippen LogP contribution in [0.3, 0.4) is 0 Å². The first-order valence-corrected chi connectivity index (χ1v) is 10.4. The van der Waals surface area contributed by atoms with E-state index in [-0.39, 0.29) is 23.9 Å². The highest BCUT2D eigenvalue weighted by atomic mass is 32.2. The minimum absolute atomic E-state index is 0.0960. The van der Waals surface area contributed by atoms with Crippen LogP contribution in [-0.4, -0.2) is 30.4 Å². The van der Waals surface area contributed by atoms with E-state index in [1.165, 1.54) is 30.3 Å². The van der Waals surface area contributed by atoms with Gasteiger partial charge in [0.1, 0.15) is 5.82 Å². The van der Waals surface area contributed by atoms with Gasteiger partial charge in [-0.05, 0) is 43.3 Å². The Kier molecular flexibility index (Phi) is 5.91. The summed E-state index contributed by atoms with van der Waals surface area (Å²) in [4.78, 5) is 17.1. The molecule has 0 aliphatic heterocycles. The molecule has 0 aliphatic rings. The maximum atomic E-state index is 12.4. The molecule has 0 atom stereocenters. The zero-order valence-electron chi connectivity index (χ0n) is 15.6. The lowest BCUT2D eigenvalue weighted by Gasteiger charge is -2.09. The van der Waals surface area contributed by atoms with E-state index >= 15 is 0 Å². The van der Waals surface area contributed by atoms with Crippen LogP contribution in [0.5, 0.6) is 0 Å². The monoisotopic (exact) mass is 398 g/mol. The number of para-hydroxylation sites is 2. The summed E-state index contributed by atoms with van der Waals surface area (Å²) >= 11 is 0. The Morgan fingerprint density at radius 2 is 1.89 bits per heavy atom. The molecule has 0 fully saturated rings. The van der Waals surface area contributed by atoms with Gasteiger partial charge in [0.2, 0.25) is 10.0 Å². The second kappa shape index (κ2) is 8.37. The molecular formula is C20H22N4O3S. The molecule has 3 rings (SSSR count). The fourth-order valence-corrected chi connectivity index (χ4v) is 3.91. The Bertz CT molecular complexity index is 1100. The van der Waals surface area contributed by atoms with Crippen molar-refractivity contribution in [1.82, 2.24) is 19.6 Å². The highest BCUT2D eigenvalue weighted by Crippen LogP contribution is 2.16. The Labute approximate surface area is 164 Å². The highest BCUT2D eigenvalue weighted by Gasteiger charge is 2.15. The normalized spacial score (nSPS) is 11.5. The number of benzene rings is 2. The summed E-state index contributed by atoms with van der Waals surface area (Å²) in [5.74, 6) is 0.475. The predicted molar refractivity (Wildman–Crippen MR) is 108 cm³/mol. The molecule has 0 spiro atoms. The number of sulfonamides is 1. The lowest BCUT2D eigenvalue weighted by molar-refractivity contribution is 0.0949. The van der Waals surface area contributed by atoms with Gasteiger partial charge in [0.05, 0.1) is 22.5 Å². The summed E-state index contributed by atoms with van der Waals surface area (Å²) in [7, 11) is -3.61. The summed E-state index contributed by atoms with van der Waals surface area (Å²) in [6.07, 6.45) is 1.46. The molecule has 1 amide bonds. The number of nitrogens with one attached hydrogen (secondary N) is 2. The van der Waals surface area contributed by atoms with Crippen molar-refractivity contribution in [2.45, 2.75) is 24.9 Å². The molecular weight excluding hydrogens is 376 g/mol. The molecule has 1 aromatic heterocycles. The SMILES string of the molecule is C=CCNS(=O)(=O)c1ccc(C(=O)NCc2nc3ccccc3n2CC)cc1. The first kappa shape index (κ1) is 19.8. The average molecular weight is 398 g/mol. The Morgan fingerprint density at radius 1 is 1.18 bits per heavy atom. The number of carbonyl (C=O) groups is 1. The molecule has 0 saturated heterocycles. The number of rotatable bonds is 8. The van der Waals surface area contributed by atoms with Gasteiger partial charge in [-0.1, -0.05) is 18.2 Å². The lowest BCUT2D eigenvalue weighted by atomic mass is 10.2. The third-order valence-electron chi connectivity index (χ3n) is 4.30. The van der Waals surface area contributed by atoms with Crippen molar-refractivity contribution in [3.05, 3.63) is 72.6 Å². The molecule has 0 unspecified atom stereocenters. The van der Waals surface area contributed by atoms with E-state index in [0.717, 1.165) is 23.4 Å². The first-order valence-electron chi connectivity index (χ1n) is 8.89. The lowest BCUT2D eigenvalue weighted by Crippen LogP contribution is -2.25. The standard InChI is InChI=1S/C20H22N4O3S/c1-3-13-22-28(26,27)16-11-9-15(10-12-16)20(25)21-14-19-23-17-7-5-6-8-18(17)24(19)4-2/h3,5-12,22H,1,4,13-14H2,2H3,(H,21,25). The number of hydrogen-bond acceptors (Lipinski definition) is 4. The molecule has 2 N–H and O–H groups in total. The highest BCUT2D eigenvalue weighted by molar-refractivity contribution is 7.89. The molecule has 8 heteroatoms. The fourth-order valence-electron chi connectivity index (χ4n) is 2.91. The number of hydrogen-bond donors (Lipinski definition) is 2.